The number of carbonyl (C=O) groups excluding carboxylic acids is 1. The Balaban J connectivity index is 1.46. The monoisotopic (exact) mass is 490 g/mol. The summed E-state index contributed by atoms with van der Waals surface area (Å²) in [6, 6.07) is 28.8. The molecule has 0 aliphatic carbocycles. The summed E-state index contributed by atoms with van der Waals surface area (Å²) in [5.41, 5.74) is 2.79. The normalized spacial score (nSPS) is 10.5. The lowest BCUT2D eigenvalue weighted by Gasteiger charge is -2.23. The zero-order valence-electron chi connectivity index (χ0n) is 17.4. The van der Waals surface area contributed by atoms with Gasteiger partial charge in [0.15, 0.2) is 0 Å². The van der Waals surface area contributed by atoms with Gasteiger partial charge in [-0.05, 0) is 59.7 Å². The summed E-state index contributed by atoms with van der Waals surface area (Å²) in [5, 5.41) is 2.96. The second-order valence-corrected chi connectivity index (χ2v) is 8.21. The molecular weight excluding hydrogens is 468 g/mol. The molecule has 1 N–H and O–H groups in total. The molecule has 4 rings (SSSR count). The summed E-state index contributed by atoms with van der Waals surface area (Å²) < 4.78 is 12.4. The number of nitrogens with zero attached hydrogens (tertiary/aromatic N) is 1. The molecule has 0 aliphatic rings. The Bertz CT molecular complexity index is 1130. The molecule has 1 aromatic heterocycles. The first-order valence-corrected chi connectivity index (χ1v) is 11.0. The van der Waals surface area contributed by atoms with Gasteiger partial charge < -0.3 is 19.4 Å². The predicted molar refractivity (Wildman–Crippen MR) is 128 cm³/mol. The SMILES string of the molecule is O=C(Nc1ccc(Br)cc1)N(Cc1cccc(OCc2ccccc2)c1)Cc1ccco1. The molecule has 0 bridgehead atoms. The summed E-state index contributed by atoms with van der Waals surface area (Å²) in [7, 11) is 0. The Morgan fingerprint density at radius 1 is 0.875 bits per heavy atom. The van der Waals surface area contributed by atoms with Crippen LogP contribution >= 0.6 is 15.9 Å². The minimum absolute atomic E-state index is 0.209. The number of rotatable bonds is 8. The van der Waals surface area contributed by atoms with Gasteiger partial charge in [0.2, 0.25) is 0 Å². The van der Waals surface area contributed by atoms with Gasteiger partial charge in [0.05, 0.1) is 12.8 Å². The van der Waals surface area contributed by atoms with Crippen molar-refractivity contribution in [3.05, 3.63) is 119 Å². The highest BCUT2D eigenvalue weighted by Crippen LogP contribution is 2.20. The van der Waals surface area contributed by atoms with Crippen LogP contribution in [-0.4, -0.2) is 10.9 Å². The third-order valence-electron chi connectivity index (χ3n) is 4.83. The van der Waals surface area contributed by atoms with Crippen LogP contribution in [0.4, 0.5) is 10.5 Å². The molecule has 2 amide bonds. The molecule has 0 fully saturated rings. The Labute approximate surface area is 195 Å². The van der Waals surface area contributed by atoms with Gasteiger partial charge in [-0.15, -0.1) is 0 Å². The topological polar surface area (TPSA) is 54.7 Å². The van der Waals surface area contributed by atoms with E-state index in [-0.39, 0.29) is 6.03 Å². The Hall–Kier alpha value is -3.51. The van der Waals surface area contributed by atoms with Crippen molar-refractivity contribution in [2.45, 2.75) is 19.7 Å². The lowest BCUT2D eigenvalue weighted by molar-refractivity contribution is 0.201. The number of halogens is 1. The smallest absolute Gasteiger partial charge is 0.322 e. The predicted octanol–water partition coefficient (Wildman–Crippen LogP) is 6.86. The largest absolute Gasteiger partial charge is 0.489 e. The first-order chi connectivity index (χ1) is 15.7. The molecule has 0 saturated heterocycles. The number of furan rings is 1. The molecule has 5 nitrogen and oxygen atoms in total. The van der Waals surface area contributed by atoms with Gasteiger partial charge in [-0.3, -0.25) is 0 Å². The van der Waals surface area contributed by atoms with E-state index in [1.807, 2.05) is 91.0 Å². The molecule has 1 heterocycles. The summed E-state index contributed by atoms with van der Waals surface area (Å²) >= 11 is 3.41. The fraction of sp³-hybridized carbons (Fsp3) is 0.115. The summed E-state index contributed by atoms with van der Waals surface area (Å²) in [5.74, 6) is 1.48. The van der Waals surface area contributed by atoms with Gasteiger partial charge in [-0.2, -0.15) is 0 Å². The number of benzene rings is 3. The first kappa shape index (κ1) is 21.7. The van der Waals surface area contributed by atoms with Crippen molar-refractivity contribution >= 4 is 27.6 Å². The fourth-order valence-corrected chi connectivity index (χ4v) is 3.49. The summed E-state index contributed by atoms with van der Waals surface area (Å²) in [4.78, 5) is 14.8. The molecule has 4 aromatic rings. The molecule has 162 valence electrons. The van der Waals surface area contributed by atoms with Crippen LogP contribution in [-0.2, 0) is 19.7 Å². The van der Waals surface area contributed by atoms with Gasteiger partial charge in [0.25, 0.3) is 0 Å². The van der Waals surface area contributed by atoms with Crippen LogP contribution in [0.5, 0.6) is 5.75 Å². The van der Waals surface area contributed by atoms with Gasteiger partial charge >= 0.3 is 6.03 Å². The average molecular weight is 491 g/mol. The zero-order chi connectivity index (χ0) is 22.2. The quantitative estimate of drug-likeness (QED) is 0.293. The standard InChI is InChI=1S/C26H23BrN2O3/c27-22-11-13-23(14-12-22)28-26(30)29(18-25-10-5-15-31-25)17-21-8-4-9-24(16-21)32-19-20-6-2-1-3-7-20/h1-16H,17-19H2,(H,28,30). The van der Waals surface area contributed by atoms with Crippen molar-refractivity contribution in [2.24, 2.45) is 0 Å². The highest BCUT2D eigenvalue weighted by molar-refractivity contribution is 9.10. The van der Waals surface area contributed by atoms with Crippen LogP contribution in [0.15, 0.2) is 106 Å². The summed E-state index contributed by atoms with van der Waals surface area (Å²) in [6.07, 6.45) is 1.61. The van der Waals surface area contributed by atoms with Gasteiger partial charge in [-0.25, -0.2) is 4.79 Å². The van der Waals surface area contributed by atoms with E-state index in [4.69, 9.17) is 9.15 Å². The number of ether oxygens (including phenoxy) is 1. The van der Waals surface area contributed by atoms with E-state index in [2.05, 4.69) is 21.2 Å². The van der Waals surface area contributed by atoms with E-state index in [9.17, 15) is 4.79 Å². The van der Waals surface area contributed by atoms with Gasteiger partial charge in [0.1, 0.15) is 18.1 Å². The van der Waals surface area contributed by atoms with Crippen molar-refractivity contribution in [3.63, 3.8) is 0 Å². The van der Waals surface area contributed by atoms with Crippen LogP contribution in [0.2, 0.25) is 0 Å². The molecule has 3 aromatic carbocycles. The first-order valence-electron chi connectivity index (χ1n) is 10.3. The molecule has 0 unspecified atom stereocenters. The van der Waals surface area contributed by atoms with Gasteiger partial charge in [0, 0.05) is 16.7 Å². The molecule has 0 atom stereocenters. The molecular formula is C26H23BrN2O3. The number of anilines is 1. The van der Waals surface area contributed by atoms with E-state index in [0.717, 1.165) is 27.0 Å². The Morgan fingerprint density at radius 3 is 2.41 bits per heavy atom. The van der Waals surface area contributed by atoms with Crippen LogP contribution in [0.25, 0.3) is 0 Å². The number of hydrogen-bond donors (Lipinski definition) is 1. The summed E-state index contributed by atoms with van der Waals surface area (Å²) in [6.45, 7) is 1.25. The molecule has 0 radical (unpaired) electrons. The highest BCUT2D eigenvalue weighted by atomic mass is 79.9. The second kappa shape index (κ2) is 10.7. The molecule has 32 heavy (non-hydrogen) atoms. The van der Waals surface area contributed by atoms with Crippen molar-refractivity contribution in [1.82, 2.24) is 4.90 Å². The lowest BCUT2D eigenvalue weighted by Crippen LogP contribution is -2.34. The van der Waals surface area contributed by atoms with E-state index >= 15 is 0 Å². The van der Waals surface area contributed by atoms with Crippen LogP contribution in [0, 0.1) is 0 Å². The molecule has 0 spiro atoms. The van der Waals surface area contributed by atoms with Crippen LogP contribution in [0.1, 0.15) is 16.9 Å². The maximum atomic E-state index is 13.1. The van der Waals surface area contributed by atoms with Crippen molar-refractivity contribution in [2.75, 3.05) is 5.32 Å². The maximum Gasteiger partial charge on any atom is 0.322 e. The molecule has 6 heteroatoms. The van der Waals surface area contributed by atoms with Crippen molar-refractivity contribution < 1.29 is 13.9 Å². The van der Waals surface area contributed by atoms with Crippen LogP contribution < -0.4 is 10.1 Å². The fourth-order valence-electron chi connectivity index (χ4n) is 3.22. The third-order valence-corrected chi connectivity index (χ3v) is 5.36. The maximum absolute atomic E-state index is 13.1. The van der Waals surface area contributed by atoms with Gasteiger partial charge in [-0.1, -0.05) is 58.4 Å². The second-order valence-electron chi connectivity index (χ2n) is 7.29. The minimum Gasteiger partial charge on any atom is -0.489 e. The van der Waals surface area contributed by atoms with E-state index in [1.165, 1.54) is 0 Å². The minimum atomic E-state index is -0.209. The highest BCUT2D eigenvalue weighted by Gasteiger charge is 2.17. The number of hydrogen-bond acceptors (Lipinski definition) is 3. The Morgan fingerprint density at radius 2 is 1.66 bits per heavy atom. The number of amides is 2. The zero-order valence-corrected chi connectivity index (χ0v) is 19.0. The van der Waals surface area contributed by atoms with Crippen molar-refractivity contribution in [1.29, 1.82) is 0 Å². The average Bonchev–Trinajstić information content (AvgIpc) is 3.33. The number of carbonyl (C=O) groups is 1. The van der Waals surface area contributed by atoms with E-state index in [0.29, 0.717) is 25.5 Å². The third kappa shape index (κ3) is 6.25. The molecule has 0 aliphatic heterocycles. The van der Waals surface area contributed by atoms with E-state index < -0.39 is 0 Å². The van der Waals surface area contributed by atoms with Crippen molar-refractivity contribution in [3.8, 4) is 5.75 Å². The lowest BCUT2D eigenvalue weighted by atomic mass is 10.2. The van der Waals surface area contributed by atoms with E-state index in [1.54, 1.807) is 11.2 Å². The number of urea groups is 1. The number of nitrogens with one attached hydrogen (secondary N) is 1. The van der Waals surface area contributed by atoms with Crippen LogP contribution in [0.3, 0.4) is 0 Å². The molecule has 0 saturated carbocycles. The Kier molecular flexibility index (Phi) is 7.25.